The van der Waals surface area contributed by atoms with Crippen LogP contribution in [0.15, 0.2) is 28.8 Å². The van der Waals surface area contributed by atoms with Crippen molar-refractivity contribution in [2.75, 3.05) is 0 Å². The number of β-lactam (4-membered cyclic amide) rings is 1. The quantitative estimate of drug-likeness (QED) is 0.709. The molecule has 29 heavy (non-hydrogen) atoms. The molecule has 0 radical (unpaired) electrons. The molecule has 0 saturated carbocycles. The maximum absolute atomic E-state index is 13.0. The van der Waals surface area contributed by atoms with Crippen LogP contribution in [0.4, 0.5) is 0 Å². The molecular weight excluding hydrogens is 418 g/mol. The van der Waals surface area contributed by atoms with Crippen molar-refractivity contribution in [3.8, 4) is 11.3 Å². The minimum absolute atomic E-state index is 0.196. The molecule has 152 valence electrons. The summed E-state index contributed by atoms with van der Waals surface area (Å²) in [7, 11) is 0. The van der Waals surface area contributed by atoms with Gasteiger partial charge in [-0.1, -0.05) is 35.0 Å². The summed E-state index contributed by atoms with van der Waals surface area (Å²) >= 11 is 7.59. The van der Waals surface area contributed by atoms with Gasteiger partial charge in [0.2, 0.25) is 5.91 Å². The number of aryl methyl sites for hydroxylation is 1. The summed E-state index contributed by atoms with van der Waals surface area (Å²) in [5.74, 6) is -1.70. The first kappa shape index (κ1) is 19.8. The van der Waals surface area contributed by atoms with Gasteiger partial charge < -0.3 is 19.8 Å². The molecule has 0 aliphatic carbocycles. The Balaban J connectivity index is 1.60. The molecule has 2 aromatic rings. The molecule has 1 aromatic carbocycles. The van der Waals surface area contributed by atoms with Crippen molar-refractivity contribution in [1.29, 1.82) is 0 Å². The fraction of sp³-hybridized carbons (Fsp3) is 0.368. The molecule has 2 amide bonds. The van der Waals surface area contributed by atoms with E-state index >= 15 is 0 Å². The molecule has 0 bridgehead atoms. The molecular formula is C19H18ClN3O5S. The molecule has 8 nitrogen and oxygen atoms in total. The number of nitrogens with one attached hydrogen (secondary N) is 1. The van der Waals surface area contributed by atoms with E-state index in [-0.39, 0.29) is 11.3 Å². The first-order chi connectivity index (χ1) is 13.6. The molecule has 2 saturated heterocycles. The van der Waals surface area contributed by atoms with Gasteiger partial charge in [0.25, 0.3) is 5.91 Å². The first-order valence-electron chi connectivity index (χ1n) is 8.88. The van der Waals surface area contributed by atoms with E-state index in [1.807, 2.05) is 0 Å². The first-order valence-corrected chi connectivity index (χ1v) is 10.1. The van der Waals surface area contributed by atoms with Crippen LogP contribution in [-0.2, 0) is 9.59 Å². The summed E-state index contributed by atoms with van der Waals surface area (Å²) in [5.41, 5.74) is 1.03. The Hall–Kier alpha value is -2.52. The Morgan fingerprint density at radius 2 is 2.03 bits per heavy atom. The van der Waals surface area contributed by atoms with E-state index in [0.717, 1.165) is 0 Å². The number of carbonyl (C=O) groups is 3. The highest BCUT2D eigenvalue weighted by atomic mass is 35.5. The number of carboxylic acid groups (broad SMARTS) is 1. The fourth-order valence-electron chi connectivity index (χ4n) is 3.84. The molecule has 4 rings (SSSR count). The van der Waals surface area contributed by atoms with Crippen LogP contribution in [0, 0.1) is 6.92 Å². The van der Waals surface area contributed by atoms with E-state index in [2.05, 4.69) is 10.5 Å². The zero-order chi connectivity index (χ0) is 21.1. The van der Waals surface area contributed by atoms with Crippen LogP contribution in [0.5, 0.6) is 0 Å². The van der Waals surface area contributed by atoms with Crippen LogP contribution < -0.4 is 5.32 Å². The second kappa shape index (κ2) is 6.77. The van der Waals surface area contributed by atoms with Crippen LogP contribution in [0.25, 0.3) is 11.3 Å². The second-order valence-electron chi connectivity index (χ2n) is 7.49. The van der Waals surface area contributed by atoms with Gasteiger partial charge in [-0.15, -0.1) is 11.8 Å². The lowest BCUT2D eigenvalue weighted by molar-refractivity contribution is -0.159. The minimum atomic E-state index is -1.06. The fourth-order valence-corrected chi connectivity index (χ4v) is 5.69. The third-order valence-electron chi connectivity index (χ3n) is 5.18. The van der Waals surface area contributed by atoms with E-state index in [0.29, 0.717) is 16.3 Å². The highest BCUT2D eigenvalue weighted by molar-refractivity contribution is 8.01. The van der Waals surface area contributed by atoms with Gasteiger partial charge >= 0.3 is 5.97 Å². The second-order valence-corrected chi connectivity index (χ2v) is 9.67. The van der Waals surface area contributed by atoms with Crippen LogP contribution in [-0.4, -0.2) is 55.2 Å². The van der Waals surface area contributed by atoms with Gasteiger partial charge in [-0.05, 0) is 26.8 Å². The topological polar surface area (TPSA) is 113 Å². The van der Waals surface area contributed by atoms with Crippen LogP contribution >= 0.6 is 23.4 Å². The van der Waals surface area contributed by atoms with Gasteiger partial charge in [-0.2, -0.15) is 0 Å². The van der Waals surface area contributed by atoms with Crippen molar-refractivity contribution in [3.05, 3.63) is 40.6 Å². The number of carboxylic acids is 1. The zero-order valence-electron chi connectivity index (χ0n) is 15.8. The highest BCUT2D eigenvalue weighted by Gasteiger charge is 2.64. The van der Waals surface area contributed by atoms with Gasteiger partial charge in [0.1, 0.15) is 34.5 Å². The number of aromatic nitrogens is 1. The van der Waals surface area contributed by atoms with Crippen molar-refractivity contribution in [1.82, 2.24) is 15.4 Å². The highest BCUT2D eigenvalue weighted by Crippen LogP contribution is 2.50. The molecule has 2 aliphatic rings. The summed E-state index contributed by atoms with van der Waals surface area (Å²) in [4.78, 5) is 38.6. The summed E-state index contributed by atoms with van der Waals surface area (Å²) in [6, 6.07) is 5.18. The third kappa shape index (κ3) is 3.00. The van der Waals surface area contributed by atoms with Crippen LogP contribution in [0.2, 0.25) is 5.02 Å². The molecule has 2 N–H and O–H groups in total. The standard InChI is InChI=1S/C19H18ClN3O5S/c1-8-11(12(22-28-8)9-6-4-5-7-10(9)20)15(24)21-13-16(25)23-14(18(26)27)19(2,3)29-17(13)23/h4-7,13-14,17H,1-3H3,(H,21,24)(H,26,27)/t13-,14?,17-/m1/s1. The number of halogens is 1. The number of hydrogen-bond donors (Lipinski definition) is 2. The summed E-state index contributed by atoms with van der Waals surface area (Å²) < 4.78 is 4.54. The number of carbonyl (C=O) groups excluding carboxylic acids is 2. The maximum Gasteiger partial charge on any atom is 0.327 e. The van der Waals surface area contributed by atoms with Crippen LogP contribution in [0.1, 0.15) is 30.0 Å². The van der Waals surface area contributed by atoms with Gasteiger partial charge in [-0.25, -0.2) is 4.79 Å². The van der Waals surface area contributed by atoms with Crippen molar-refractivity contribution in [3.63, 3.8) is 0 Å². The number of hydrogen-bond acceptors (Lipinski definition) is 6. The summed E-state index contributed by atoms with van der Waals surface area (Å²) in [6.45, 7) is 5.16. The van der Waals surface area contributed by atoms with E-state index in [4.69, 9.17) is 16.1 Å². The zero-order valence-corrected chi connectivity index (χ0v) is 17.4. The average molecular weight is 436 g/mol. The minimum Gasteiger partial charge on any atom is -0.480 e. The SMILES string of the molecule is Cc1onc(-c2ccccc2Cl)c1C(=O)N[C@@H]1C(=O)N2C(C(=O)O)C(C)(C)S[C@H]12. The largest absolute Gasteiger partial charge is 0.480 e. The van der Waals surface area contributed by atoms with E-state index in [1.54, 1.807) is 45.0 Å². The lowest BCUT2D eigenvalue weighted by Gasteiger charge is -2.43. The van der Waals surface area contributed by atoms with Gasteiger partial charge in [-0.3, -0.25) is 9.59 Å². The predicted octanol–water partition coefficient (Wildman–Crippen LogP) is 2.55. The lowest BCUT2D eigenvalue weighted by atomic mass is 9.95. The van der Waals surface area contributed by atoms with Gasteiger partial charge in [0.15, 0.2) is 0 Å². The molecule has 1 unspecified atom stereocenters. The number of fused-ring (bicyclic) bond motifs is 1. The molecule has 2 fully saturated rings. The molecule has 3 atom stereocenters. The number of amides is 2. The number of thioether (sulfide) groups is 1. The average Bonchev–Trinajstić information content (AvgIpc) is 3.15. The monoisotopic (exact) mass is 435 g/mol. The Kier molecular flexibility index (Phi) is 4.62. The smallest absolute Gasteiger partial charge is 0.327 e. The normalized spacial score (nSPS) is 24.8. The number of aliphatic carboxylic acids is 1. The predicted molar refractivity (Wildman–Crippen MR) is 107 cm³/mol. The van der Waals surface area contributed by atoms with E-state index in [9.17, 15) is 19.5 Å². The summed E-state index contributed by atoms with van der Waals surface area (Å²) in [5, 5.41) is 16.2. The number of nitrogens with zero attached hydrogens (tertiary/aromatic N) is 2. The molecule has 0 spiro atoms. The van der Waals surface area contributed by atoms with E-state index in [1.165, 1.54) is 16.7 Å². The Bertz CT molecular complexity index is 1040. The van der Waals surface area contributed by atoms with Crippen molar-refractivity contribution < 1.29 is 24.0 Å². The lowest BCUT2D eigenvalue weighted by Crippen LogP contribution is -2.70. The molecule has 1 aromatic heterocycles. The Labute approximate surface area is 175 Å². The third-order valence-corrected chi connectivity index (χ3v) is 7.08. The summed E-state index contributed by atoms with van der Waals surface area (Å²) in [6.07, 6.45) is 0. The van der Waals surface area contributed by atoms with Crippen molar-refractivity contribution in [2.45, 2.75) is 43.0 Å². The Morgan fingerprint density at radius 3 is 2.69 bits per heavy atom. The van der Waals surface area contributed by atoms with Gasteiger partial charge in [0.05, 0.1) is 5.02 Å². The maximum atomic E-state index is 13.0. The molecule has 2 aliphatic heterocycles. The van der Waals surface area contributed by atoms with E-state index < -0.39 is 40.0 Å². The number of rotatable bonds is 4. The van der Waals surface area contributed by atoms with Gasteiger partial charge in [0, 0.05) is 10.3 Å². The molecule has 10 heteroatoms. The van der Waals surface area contributed by atoms with Crippen molar-refractivity contribution in [2.24, 2.45) is 0 Å². The van der Waals surface area contributed by atoms with Crippen molar-refractivity contribution >= 4 is 41.1 Å². The molecule has 3 heterocycles. The Morgan fingerprint density at radius 1 is 1.34 bits per heavy atom. The van der Waals surface area contributed by atoms with Crippen LogP contribution in [0.3, 0.4) is 0 Å². The number of benzene rings is 1.